The Labute approximate surface area is 150 Å². The molecule has 4 heteroatoms. The molecular formula is C20H36N2OSi. The minimum absolute atomic E-state index is 0.472. The van der Waals surface area contributed by atoms with Crippen LogP contribution in [0.1, 0.15) is 31.9 Å². The van der Waals surface area contributed by atoms with Crippen molar-refractivity contribution in [3.05, 3.63) is 29.8 Å². The second-order valence-electron chi connectivity index (χ2n) is 8.09. The highest BCUT2D eigenvalue weighted by Crippen LogP contribution is 2.28. The molecular weight excluding hydrogens is 312 g/mol. The molecule has 0 aliphatic carbocycles. The predicted molar refractivity (Wildman–Crippen MR) is 107 cm³/mol. The summed E-state index contributed by atoms with van der Waals surface area (Å²) in [6, 6.07) is 9.63. The van der Waals surface area contributed by atoms with E-state index in [1.807, 2.05) is 0 Å². The van der Waals surface area contributed by atoms with E-state index in [-0.39, 0.29) is 0 Å². The number of morpholine rings is 1. The maximum Gasteiger partial charge on any atom is 0.0839 e. The minimum atomic E-state index is -1.51. The first-order valence-electron chi connectivity index (χ1n) is 9.40. The zero-order chi connectivity index (χ0) is 17.7. The van der Waals surface area contributed by atoms with Crippen molar-refractivity contribution in [1.82, 2.24) is 9.80 Å². The van der Waals surface area contributed by atoms with E-state index in [2.05, 4.69) is 75.1 Å². The van der Waals surface area contributed by atoms with E-state index < -0.39 is 8.07 Å². The zero-order valence-corrected chi connectivity index (χ0v) is 17.5. The van der Waals surface area contributed by atoms with Crippen molar-refractivity contribution >= 4 is 13.3 Å². The first-order chi connectivity index (χ1) is 11.3. The van der Waals surface area contributed by atoms with Crippen molar-refractivity contribution in [3.8, 4) is 0 Å². The van der Waals surface area contributed by atoms with Crippen LogP contribution in [-0.2, 0) is 4.74 Å². The van der Waals surface area contributed by atoms with Crippen LogP contribution in [0.2, 0.25) is 18.6 Å². The van der Waals surface area contributed by atoms with Crippen LogP contribution in [-0.4, -0.2) is 64.8 Å². The van der Waals surface area contributed by atoms with Gasteiger partial charge in [-0.1, -0.05) is 49.5 Å². The molecule has 0 saturated carbocycles. The Bertz CT molecular complexity index is 512. The third-order valence-corrected chi connectivity index (χ3v) is 10.7. The van der Waals surface area contributed by atoms with E-state index in [1.165, 1.54) is 18.5 Å². The van der Waals surface area contributed by atoms with Gasteiger partial charge in [-0.25, -0.2) is 0 Å². The van der Waals surface area contributed by atoms with Gasteiger partial charge in [0.15, 0.2) is 0 Å². The topological polar surface area (TPSA) is 15.7 Å². The summed E-state index contributed by atoms with van der Waals surface area (Å²) in [5.74, 6) is 0. The highest BCUT2D eigenvalue weighted by Gasteiger charge is 2.33. The van der Waals surface area contributed by atoms with Crippen LogP contribution in [0, 0.1) is 0 Å². The Morgan fingerprint density at radius 1 is 1.12 bits per heavy atom. The fourth-order valence-electron chi connectivity index (χ4n) is 3.55. The van der Waals surface area contributed by atoms with Gasteiger partial charge in [-0.2, -0.15) is 0 Å². The molecule has 136 valence electrons. The Hall–Kier alpha value is -0.683. The summed E-state index contributed by atoms with van der Waals surface area (Å²) in [4.78, 5) is 4.89. The fourth-order valence-corrected chi connectivity index (χ4v) is 6.50. The molecule has 0 bridgehead atoms. The van der Waals surface area contributed by atoms with Gasteiger partial charge in [0.25, 0.3) is 0 Å². The first-order valence-corrected chi connectivity index (χ1v) is 12.5. The van der Waals surface area contributed by atoms with E-state index in [4.69, 9.17) is 4.74 Å². The summed E-state index contributed by atoms with van der Waals surface area (Å²) in [6.07, 6.45) is 1.30. The zero-order valence-electron chi connectivity index (χ0n) is 16.5. The molecule has 1 aromatic carbocycles. The third kappa shape index (κ3) is 4.69. The van der Waals surface area contributed by atoms with E-state index >= 15 is 0 Å². The Morgan fingerprint density at radius 2 is 1.75 bits per heavy atom. The van der Waals surface area contributed by atoms with Crippen LogP contribution in [0.15, 0.2) is 24.3 Å². The van der Waals surface area contributed by atoms with Crippen LogP contribution in [0.3, 0.4) is 0 Å². The van der Waals surface area contributed by atoms with Crippen molar-refractivity contribution in [2.24, 2.45) is 0 Å². The molecule has 1 aromatic rings. The second-order valence-corrected chi connectivity index (χ2v) is 13.1. The van der Waals surface area contributed by atoms with Gasteiger partial charge in [-0.15, -0.1) is 0 Å². The van der Waals surface area contributed by atoms with Crippen molar-refractivity contribution in [2.75, 3.05) is 46.9 Å². The number of hydrogen-bond acceptors (Lipinski definition) is 3. The molecule has 0 spiro atoms. The summed E-state index contributed by atoms with van der Waals surface area (Å²) in [5.41, 5.74) is 2.30. The molecule has 0 aromatic heterocycles. The quantitative estimate of drug-likeness (QED) is 0.703. The van der Waals surface area contributed by atoms with Crippen LogP contribution in [0.25, 0.3) is 0 Å². The highest BCUT2D eigenvalue weighted by molar-refractivity contribution is 6.91. The lowest BCUT2D eigenvalue weighted by Gasteiger charge is -2.36. The van der Waals surface area contributed by atoms with Gasteiger partial charge < -0.3 is 9.64 Å². The maximum atomic E-state index is 5.47. The van der Waals surface area contributed by atoms with Crippen LogP contribution >= 0.6 is 0 Å². The standard InChI is InChI=1S/C20H36N2OSi/c1-17(11-12-22-13-15-23-16-14-22)24(5,6)20-10-8-7-9-19(20)18(2)21(3)4/h7-10,17-18H,11-16H2,1-6H3/t17?,18-/m1/s1. The van der Waals surface area contributed by atoms with E-state index in [9.17, 15) is 0 Å². The van der Waals surface area contributed by atoms with Crippen molar-refractivity contribution in [3.63, 3.8) is 0 Å². The number of rotatable bonds is 7. The number of ether oxygens (including phenoxy) is 1. The summed E-state index contributed by atoms with van der Waals surface area (Å²) < 4.78 is 5.47. The van der Waals surface area contributed by atoms with Crippen LogP contribution in [0.4, 0.5) is 0 Å². The Balaban J connectivity index is 2.10. The van der Waals surface area contributed by atoms with Gasteiger partial charge in [-0.3, -0.25) is 4.90 Å². The van der Waals surface area contributed by atoms with E-state index in [1.54, 1.807) is 5.19 Å². The summed E-state index contributed by atoms with van der Waals surface area (Å²) in [7, 11) is 2.85. The van der Waals surface area contributed by atoms with Gasteiger partial charge in [0, 0.05) is 19.1 Å². The van der Waals surface area contributed by atoms with Gasteiger partial charge in [-0.05, 0) is 45.1 Å². The lowest BCUT2D eigenvalue weighted by Crippen LogP contribution is -2.49. The number of nitrogens with zero attached hydrogens (tertiary/aromatic N) is 2. The largest absolute Gasteiger partial charge is 0.379 e. The maximum absolute atomic E-state index is 5.47. The van der Waals surface area contributed by atoms with E-state index in [0.29, 0.717) is 6.04 Å². The number of benzene rings is 1. The van der Waals surface area contributed by atoms with Crippen molar-refractivity contribution in [1.29, 1.82) is 0 Å². The molecule has 1 heterocycles. The van der Waals surface area contributed by atoms with Crippen LogP contribution in [0.5, 0.6) is 0 Å². The monoisotopic (exact) mass is 348 g/mol. The summed E-state index contributed by atoms with van der Waals surface area (Å²) >= 11 is 0. The number of hydrogen-bond donors (Lipinski definition) is 0. The fraction of sp³-hybridized carbons (Fsp3) is 0.700. The van der Waals surface area contributed by atoms with Gasteiger partial charge in [0.05, 0.1) is 21.3 Å². The van der Waals surface area contributed by atoms with Gasteiger partial charge in [0.2, 0.25) is 0 Å². The second kappa shape index (κ2) is 8.61. The first kappa shape index (κ1) is 19.6. The molecule has 24 heavy (non-hydrogen) atoms. The molecule has 1 saturated heterocycles. The molecule has 1 fully saturated rings. The van der Waals surface area contributed by atoms with Gasteiger partial charge >= 0.3 is 0 Å². The SMILES string of the molecule is CC(CCN1CCOCC1)[Si](C)(C)c1ccccc1[C@@H](C)N(C)C. The molecule has 2 atom stereocenters. The average molecular weight is 349 g/mol. The molecule has 0 amide bonds. The Morgan fingerprint density at radius 3 is 2.38 bits per heavy atom. The molecule has 0 N–H and O–H groups in total. The molecule has 1 aliphatic rings. The summed E-state index contributed by atoms with van der Waals surface area (Å²) in [6.45, 7) is 15.1. The lowest BCUT2D eigenvalue weighted by atomic mass is 10.1. The predicted octanol–water partition coefficient (Wildman–Crippen LogP) is 3.34. The third-order valence-electron chi connectivity index (χ3n) is 6.09. The van der Waals surface area contributed by atoms with Gasteiger partial charge in [0.1, 0.15) is 0 Å². The molecule has 1 aliphatic heterocycles. The van der Waals surface area contributed by atoms with Crippen molar-refractivity contribution in [2.45, 2.75) is 44.9 Å². The van der Waals surface area contributed by atoms with Crippen molar-refractivity contribution < 1.29 is 4.74 Å². The normalized spacial score (nSPS) is 19.5. The lowest BCUT2D eigenvalue weighted by molar-refractivity contribution is 0.0373. The summed E-state index contributed by atoms with van der Waals surface area (Å²) in [5, 5.41) is 1.64. The smallest absolute Gasteiger partial charge is 0.0839 e. The highest BCUT2D eigenvalue weighted by atomic mass is 28.3. The molecule has 2 rings (SSSR count). The minimum Gasteiger partial charge on any atom is -0.379 e. The molecule has 3 nitrogen and oxygen atoms in total. The van der Waals surface area contributed by atoms with Crippen LogP contribution < -0.4 is 5.19 Å². The Kier molecular flexibility index (Phi) is 7.05. The average Bonchev–Trinajstić information content (AvgIpc) is 2.59. The molecule has 1 unspecified atom stereocenters. The van der Waals surface area contributed by atoms with E-state index in [0.717, 1.165) is 31.8 Å². The molecule has 0 radical (unpaired) electrons.